The van der Waals surface area contributed by atoms with Gasteiger partial charge in [-0.3, -0.25) is 9.59 Å². The van der Waals surface area contributed by atoms with Crippen LogP contribution in [0.15, 0.2) is 59.9 Å². The molecule has 0 amide bonds. The van der Waals surface area contributed by atoms with Gasteiger partial charge in [0.2, 0.25) is 0 Å². The van der Waals surface area contributed by atoms with Crippen LogP contribution < -0.4 is 9.47 Å². The highest BCUT2D eigenvalue weighted by Gasteiger charge is 2.55. The maximum absolute atomic E-state index is 12.4. The zero-order valence-electron chi connectivity index (χ0n) is 17.1. The topological polar surface area (TPSA) is 71.1 Å². The van der Waals surface area contributed by atoms with Gasteiger partial charge in [-0.15, -0.1) is 0 Å². The van der Waals surface area contributed by atoms with Gasteiger partial charge in [0.05, 0.1) is 19.8 Å². The molecular formula is C23H24O6. The van der Waals surface area contributed by atoms with Gasteiger partial charge in [0.15, 0.2) is 17.5 Å². The van der Waals surface area contributed by atoms with Crippen LogP contribution in [0.1, 0.15) is 31.9 Å². The first-order chi connectivity index (χ1) is 13.8. The second-order valence-electron chi connectivity index (χ2n) is 6.81. The second-order valence-corrected chi connectivity index (χ2v) is 6.81. The lowest BCUT2D eigenvalue weighted by Crippen LogP contribution is -2.43. The van der Waals surface area contributed by atoms with Gasteiger partial charge in [-0.2, -0.15) is 0 Å². The van der Waals surface area contributed by atoms with Crippen LogP contribution in [-0.4, -0.2) is 32.1 Å². The standard InChI is InChI=1S/C23H24O6/c1-14(24)21-15(2)29-23(22(21)28-16(3)25,17-6-10-19(26-4)11-7-17)18-8-12-20(27-5)13-9-18/h6-13,22H,1-5H3. The molecule has 152 valence electrons. The number of carbonyl (C=O) groups is 2. The largest absolute Gasteiger partial charge is 0.497 e. The molecule has 0 spiro atoms. The predicted octanol–water partition coefficient (Wildman–Crippen LogP) is 3.77. The number of benzene rings is 2. The van der Waals surface area contributed by atoms with Crippen molar-refractivity contribution in [3.63, 3.8) is 0 Å². The van der Waals surface area contributed by atoms with Crippen molar-refractivity contribution in [2.24, 2.45) is 0 Å². The van der Waals surface area contributed by atoms with Gasteiger partial charge in [0.25, 0.3) is 0 Å². The summed E-state index contributed by atoms with van der Waals surface area (Å²) in [5.41, 5.74) is 0.581. The molecule has 0 N–H and O–H groups in total. The number of Topliss-reactive ketones (excluding diaryl/α,β-unsaturated/α-hetero) is 1. The number of esters is 1. The zero-order valence-corrected chi connectivity index (χ0v) is 17.1. The Bertz CT molecular complexity index is 893. The molecular weight excluding hydrogens is 372 g/mol. The van der Waals surface area contributed by atoms with Crippen molar-refractivity contribution in [3.05, 3.63) is 71.0 Å². The predicted molar refractivity (Wildman–Crippen MR) is 107 cm³/mol. The van der Waals surface area contributed by atoms with E-state index in [1.165, 1.54) is 13.8 Å². The highest BCUT2D eigenvalue weighted by atomic mass is 16.6. The minimum atomic E-state index is -1.21. The zero-order chi connectivity index (χ0) is 21.2. The quantitative estimate of drug-likeness (QED) is 0.692. The van der Waals surface area contributed by atoms with Crippen LogP contribution in [0.25, 0.3) is 0 Å². The molecule has 2 aromatic carbocycles. The fraction of sp³-hybridized carbons (Fsp3) is 0.304. The van der Waals surface area contributed by atoms with Crippen LogP contribution >= 0.6 is 0 Å². The molecule has 0 saturated heterocycles. The number of hydrogen-bond acceptors (Lipinski definition) is 6. The van der Waals surface area contributed by atoms with Gasteiger partial charge in [-0.1, -0.05) is 24.3 Å². The third kappa shape index (κ3) is 3.58. The monoisotopic (exact) mass is 396 g/mol. The number of allylic oxidation sites excluding steroid dienone is 1. The first-order valence-electron chi connectivity index (χ1n) is 9.20. The first-order valence-corrected chi connectivity index (χ1v) is 9.20. The summed E-state index contributed by atoms with van der Waals surface area (Å²) < 4.78 is 22.6. The number of rotatable bonds is 6. The minimum Gasteiger partial charge on any atom is -0.497 e. The lowest BCUT2D eigenvalue weighted by molar-refractivity contribution is -0.153. The van der Waals surface area contributed by atoms with E-state index in [1.807, 2.05) is 24.3 Å². The average molecular weight is 396 g/mol. The molecule has 1 atom stereocenters. The lowest BCUT2D eigenvalue weighted by Gasteiger charge is -2.36. The normalized spacial score (nSPS) is 17.5. The third-order valence-electron chi connectivity index (χ3n) is 5.03. The SMILES string of the molecule is COc1ccc(C2(c3ccc(OC)cc3)OC(C)=C(C(C)=O)C2OC(C)=O)cc1. The van der Waals surface area contributed by atoms with Crippen molar-refractivity contribution in [2.45, 2.75) is 32.5 Å². The molecule has 1 unspecified atom stereocenters. The molecule has 3 rings (SSSR count). The van der Waals surface area contributed by atoms with Crippen molar-refractivity contribution in [1.29, 1.82) is 0 Å². The molecule has 2 aromatic rings. The van der Waals surface area contributed by atoms with Crippen LogP contribution in [0.3, 0.4) is 0 Å². The van der Waals surface area contributed by atoms with Gasteiger partial charge in [0.1, 0.15) is 17.3 Å². The third-order valence-corrected chi connectivity index (χ3v) is 5.03. The van der Waals surface area contributed by atoms with Crippen LogP contribution in [-0.2, 0) is 24.7 Å². The first kappa shape index (κ1) is 20.5. The number of ketones is 1. The molecule has 29 heavy (non-hydrogen) atoms. The van der Waals surface area contributed by atoms with Crippen LogP contribution in [0.4, 0.5) is 0 Å². The molecule has 0 aliphatic carbocycles. The molecule has 6 nitrogen and oxygen atoms in total. The summed E-state index contributed by atoms with van der Waals surface area (Å²) in [5.74, 6) is 1.07. The summed E-state index contributed by atoms with van der Waals surface area (Å²) in [6, 6.07) is 14.6. The number of methoxy groups -OCH3 is 2. The van der Waals surface area contributed by atoms with Crippen molar-refractivity contribution in [3.8, 4) is 11.5 Å². The van der Waals surface area contributed by atoms with Crippen molar-refractivity contribution in [1.82, 2.24) is 0 Å². The fourth-order valence-corrected chi connectivity index (χ4v) is 3.74. The fourth-order valence-electron chi connectivity index (χ4n) is 3.74. The number of carbonyl (C=O) groups excluding carboxylic acids is 2. The number of hydrogen-bond donors (Lipinski definition) is 0. The maximum Gasteiger partial charge on any atom is 0.303 e. The summed E-state index contributed by atoms with van der Waals surface area (Å²) in [4.78, 5) is 24.4. The van der Waals surface area contributed by atoms with E-state index in [2.05, 4.69) is 0 Å². The van der Waals surface area contributed by atoms with Gasteiger partial charge in [-0.05, 0) is 38.1 Å². The van der Waals surface area contributed by atoms with Gasteiger partial charge >= 0.3 is 5.97 Å². The van der Waals surface area contributed by atoms with Gasteiger partial charge in [-0.25, -0.2) is 0 Å². The van der Waals surface area contributed by atoms with E-state index in [9.17, 15) is 9.59 Å². The van der Waals surface area contributed by atoms with Crippen LogP contribution in [0.2, 0.25) is 0 Å². The smallest absolute Gasteiger partial charge is 0.303 e. The Hall–Kier alpha value is -3.28. The molecule has 0 fully saturated rings. The van der Waals surface area contributed by atoms with Crippen LogP contribution in [0, 0.1) is 0 Å². The Balaban J connectivity index is 2.25. The summed E-state index contributed by atoms with van der Waals surface area (Å²) in [7, 11) is 3.17. The summed E-state index contributed by atoms with van der Waals surface area (Å²) in [5, 5.41) is 0. The molecule has 0 radical (unpaired) electrons. The van der Waals surface area contributed by atoms with E-state index in [0.29, 0.717) is 22.8 Å². The Morgan fingerprint density at radius 2 is 1.31 bits per heavy atom. The lowest BCUT2D eigenvalue weighted by atomic mass is 9.79. The van der Waals surface area contributed by atoms with Crippen LogP contribution in [0.5, 0.6) is 11.5 Å². The molecule has 1 aliphatic heterocycles. The van der Waals surface area contributed by atoms with E-state index >= 15 is 0 Å². The summed E-state index contributed by atoms with van der Waals surface area (Å²) >= 11 is 0. The Morgan fingerprint density at radius 3 is 1.66 bits per heavy atom. The van der Waals surface area contributed by atoms with Crippen molar-refractivity contribution < 1.29 is 28.5 Å². The second kappa shape index (κ2) is 7.99. The molecule has 6 heteroatoms. The van der Waals surface area contributed by atoms with Crippen molar-refractivity contribution >= 4 is 11.8 Å². The number of ether oxygens (including phenoxy) is 4. The molecule has 0 aromatic heterocycles. The molecule has 1 heterocycles. The van der Waals surface area contributed by atoms with E-state index in [1.54, 1.807) is 45.4 Å². The average Bonchev–Trinajstić information content (AvgIpc) is 3.00. The summed E-state index contributed by atoms with van der Waals surface area (Å²) in [6.07, 6.45) is -0.931. The van der Waals surface area contributed by atoms with Crippen molar-refractivity contribution in [2.75, 3.05) is 14.2 Å². The Labute approximate surface area is 170 Å². The van der Waals surface area contributed by atoms with E-state index < -0.39 is 17.7 Å². The molecule has 0 saturated carbocycles. The molecule has 1 aliphatic rings. The van der Waals surface area contributed by atoms with E-state index in [-0.39, 0.29) is 5.78 Å². The van der Waals surface area contributed by atoms with Gasteiger partial charge < -0.3 is 18.9 Å². The van der Waals surface area contributed by atoms with E-state index in [0.717, 1.165) is 11.1 Å². The Morgan fingerprint density at radius 1 is 0.862 bits per heavy atom. The maximum atomic E-state index is 12.4. The minimum absolute atomic E-state index is 0.211. The summed E-state index contributed by atoms with van der Waals surface area (Å²) in [6.45, 7) is 4.47. The Kier molecular flexibility index (Phi) is 5.64. The van der Waals surface area contributed by atoms with Gasteiger partial charge in [0, 0.05) is 18.1 Å². The van der Waals surface area contributed by atoms with E-state index in [4.69, 9.17) is 18.9 Å². The highest BCUT2D eigenvalue weighted by Crippen LogP contribution is 2.49. The highest BCUT2D eigenvalue weighted by molar-refractivity contribution is 5.96. The molecule has 0 bridgehead atoms.